The molecule has 1 N–H and O–H groups in total. The van der Waals surface area contributed by atoms with Crippen LogP contribution >= 0.6 is 0 Å². The Morgan fingerprint density at radius 1 is 0.875 bits per heavy atom. The maximum Gasteiger partial charge on any atom is 0.271 e. The number of non-ortho nitro benzene ring substituents is 1. The van der Waals surface area contributed by atoms with Gasteiger partial charge in [-0.3, -0.25) is 24.5 Å². The number of benzene rings is 3. The summed E-state index contributed by atoms with van der Waals surface area (Å²) < 4.78 is 0. The van der Waals surface area contributed by atoms with Crippen LogP contribution in [-0.4, -0.2) is 27.9 Å². The third-order valence-corrected chi connectivity index (χ3v) is 5.66. The molecule has 0 aromatic heterocycles. The van der Waals surface area contributed by atoms with Crippen molar-refractivity contribution in [2.45, 2.75) is 12.1 Å². The van der Waals surface area contributed by atoms with E-state index >= 15 is 0 Å². The molecule has 3 aromatic rings. The molecule has 32 heavy (non-hydrogen) atoms. The molecule has 9 nitrogen and oxygen atoms in total. The summed E-state index contributed by atoms with van der Waals surface area (Å²) in [6.07, 6.45) is -1.08. The third kappa shape index (κ3) is 3.07. The Labute approximate surface area is 182 Å². The van der Waals surface area contributed by atoms with Crippen molar-refractivity contribution in [2.24, 2.45) is 5.92 Å². The van der Waals surface area contributed by atoms with E-state index in [0.717, 1.165) is 4.90 Å². The SMILES string of the molecule is O=C1C2ON(c3ccccc3)C(c3ccc(O)cc3)C2C(=O)N1c1cccc([N+](=O)[O-])c1. The molecular formula is C23H17N3O6. The van der Waals surface area contributed by atoms with Gasteiger partial charge in [0, 0.05) is 12.1 Å². The van der Waals surface area contributed by atoms with Crippen LogP contribution in [0.25, 0.3) is 0 Å². The van der Waals surface area contributed by atoms with Crippen LogP contribution in [0.4, 0.5) is 17.1 Å². The lowest BCUT2D eigenvalue weighted by atomic mass is 9.90. The van der Waals surface area contributed by atoms with Gasteiger partial charge in [0.25, 0.3) is 11.6 Å². The maximum atomic E-state index is 13.5. The van der Waals surface area contributed by atoms with Crippen molar-refractivity contribution in [3.63, 3.8) is 0 Å². The largest absolute Gasteiger partial charge is 0.508 e. The van der Waals surface area contributed by atoms with Crippen molar-refractivity contribution in [3.05, 3.63) is 94.5 Å². The van der Waals surface area contributed by atoms with E-state index in [1.54, 1.807) is 17.2 Å². The van der Waals surface area contributed by atoms with Crippen LogP contribution in [0.15, 0.2) is 78.9 Å². The maximum absolute atomic E-state index is 13.5. The highest BCUT2D eigenvalue weighted by molar-refractivity contribution is 6.24. The fraction of sp³-hybridized carbons (Fsp3) is 0.130. The Bertz CT molecular complexity index is 1210. The lowest BCUT2D eigenvalue weighted by Crippen LogP contribution is -2.37. The summed E-state index contributed by atoms with van der Waals surface area (Å²) >= 11 is 0. The summed E-state index contributed by atoms with van der Waals surface area (Å²) in [6, 6.07) is 20.2. The van der Waals surface area contributed by atoms with Gasteiger partial charge in [-0.15, -0.1) is 0 Å². The smallest absolute Gasteiger partial charge is 0.271 e. The highest BCUT2D eigenvalue weighted by Crippen LogP contribution is 2.47. The Kier molecular flexibility index (Phi) is 4.60. The van der Waals surface area contributed by atoms with Crippen LogP contribution in [-0.2, 0) is 14.4 Å². The molecule has 0 saturated carbocycles. The second-order valence-electron chi connectivity index (χ2n) is 7.54. The molecule has 2 heterocycles. The minimum Gasteiger partial charge on any atom is -0.508 e. The van der Waals surface area contributed by atoms with Crippen molar-refractivity contribution < 1.29 is 24.5 Å². The lowest BCUT2D eigenvalue weighted by Gasteiger charge is -2.28. The molecule has 2 saturated heterocycles. The van der Waals surface area contributed by atoms with Gasteiger partial charge in [0.1, 0.15) is 11.7 Å². The van der Waals surface area contributed by atoms with E-state index < -0.39 is 34.8 Å². The number of hydrogen-bond acceptors (Lipinski definition) is 7. The molecule has 0 aliphatic carbocycles. The number of carbonyl (C=O) groups is 2. The summed E-state index contributed by atoms with van der Waals surface area (Å²) in [7, 11) is 0. The topological polar surface area (TPSA) is 113 Å². The number of nitro groups is 1. The fourth-order valence-corrected chi connectivity index (χ4v) is 4.22. The highest BCUT2D eigenvalue weighted by atomic mass is 16.7. The zero-order valence-corrected chi connectivity index (χ0v) is 16.6. The monoisotopic (exact) mass is 431 g/mol. The number of anilines is 2. The number of aromatic hydroxyl groups is 1. The standard InChI is InChI=1S/C23H17N3O6/c27-18-11-9-14(10-12-18)20-19-21(32-25(20)15-5-2-1-3-6-15)23(29)24(22(19)28)16-7-4-8-17(13-16)26(30)31/h1-13,19-21,27H. The van der Waals surface area contributed by atoms with E-state index in [0.29, 0.717) is 11.3 Å². The van der Waals surface area contributed by atoms with E-state index in [1.807, 2.05) is 30.3 Å². The van der Waals surface area contributed by atoms with E-state index in [4.69, 9.17) is 4.84 Å². The van der Waals surface area contributed by atoms with Gasteiger partial charge in [-0.2, -0.15) is 0 Å². The van der Waals surface area contributed by atoms with Gasteiger partial charge in [0.2, 0.25) is 5.91 Å². The molecule has 5 rings (SSSR count). The molecule has 3 aromatic carbocycles. The minimum atomic E-state index is -1.08. The molecule has 3 atom stereocenters. The average molecular weight is 431 g/mol. The molecule has 0 radical (unpaired) electrons. The number of carbonyl (C=O) groups excluding carboxylic acids is 2. The summed E-state index contributed by atoms with van der Waals surface area (Å²) in [5.41, 5.74) is 1.26. The summed E-state index contributed by atoms with van der Waals surface area (Å²) in [5.74, 6) is -1.88. The van der Waals surface area contributed by atoms with Crippen molar-refractivity contribution in [3.8, 4) is 5.75 Å². The van der Waals surface area contributed by atoms with Crippen molar-refractivity contribution in [1.82, 2.24) is 0 Å². The number of hydrogen-bond donors (Lipinski definition) is 1. The van der Waals surface area contributed by atoms with Gasteiger partial charge in [-0.05, 0) is 35.9 Å². The van der Waals surface area contributed by atoms with Crippen LogP contribution in [0.3, 0.4) is 0 Å². The Morgan fingerprint density at radius 3 is 2.25 bits per heavy atom. The average Bonchev–Trinajstić information content (AvgIpc) is 3.31. The Balaban J connectivity index is 1.57. The van der Waals surface area contributed by atoms with Crippen molar-refractivity contribution >= 4 is 28.9 Å². The summed E-state index contributed by atoms with van der Waals surface area (Å²) in [6.45, 7) is 0. The van der Waals surface area contributed by atoms with E-state index in [-0.39, 0.29) is 17.1 Å². The number of nitrogens with zero attached hydrogens (tertiary/aromatic N) is 3. The van der Waals surface area contributed by atoms with Crippen molar-refractivity contribution in [2.75, 3.05) is 9.96 Å². The first-order chi connectivity index (χ1) is 15.5. The third-order valence-electron chi connectivity index (χ3n) is 5.66. The molecule has 3 unspecified atom stereocenters. The molecule has 0 bridgehead atoms. The van der Waals surface area contributed by atoms with Gasteiger partial charge >= 0.3 is 0 Å². The first-order valence-electron chi connectivity index (χ1n) is 9.88. The molecule has 2 aliphatic heterocycles. The fourth-order valence-electron chi connectivity index (χ4n) is 4.22. The number of phenolic OH excluding ortho intramolecular Hbond substituents is 1. The summed E-state index contributed by atoms with van der Waals surface area (Å²) in [5, 5.41) is 22.4. The second kappa shape index (κ2) is 7.47. The van der Waals surface area contributed by atoms with Gasteiger partial charge in [0.15, 0.2) is 6.10 Å². The number of phenols is 1. The van der Waals surface area contributed by atoms with Crippen LogP contribution in [0, 0.1) is 16.0 Å². The number of nitro benzene ring substituents is 1. The van der Waals surface area contributed by atoms with Crippen molar-refractivity contribution in [1.29, 1.82) is 0 Å². The Hall–Kier alpha value is -4.24. The molecular weight excluding hydrogens is 414 g/mol. The number of fused-ring (bicyclic) bond motifs is 1. The number of amides is 2. The van der Waals surface area contributed by atoms with E-state index in [9.17, 15) is 24.8 Å². The number of imide groups is 1. The summed E-state index contributed by atoms with van der Waals surface area (Å²) in [4.78, 5) is 44.3. The highest BCUT2D eigenvalue weighted by Gasteiger charge is 2.60. The van der Waals surface area contributed by atoms with Crippen LogP contribution < -0.4 is 9.96 Å². The molecule has 0 spiro atoms. The number of para-hydroxylation sites is 1. The predicted octanol–water partition coefficient (Wildman–Crippen LogP) is 3.35. The zero-order valence-electron chi connectivity index (χ0n) is 16.6. The van der Waals surface area contributed by atoms with Gasteiger partial charge in [-0.25, -0.2) is 9.96 Å². The van der Waals surface area contributed by atoms with E-state index in [1.165, 1.54) is 36.4 Å². The van der Waals surface area contributed by atoms with Crippen LogP contribution in [0.2, 0.25) is 0 Å². The first-order valence-corrected chi connectivity index (χ1v) is 9.88. The molecule has 2 fully saturated rings. The van der Waals surface area contributed by atoms with Crippen LogP contribution in [0.5, 0.6) is 5.75 Å². The van der Waals surface area contributed by atoms with Gasteiger partial charge in [0.05, 0.1) is 22.3 Å². The quantitative estimate of drug-likeness (QED) is 0.383. The number of rotatable bonds is 4. The lowest BCUT2D eigenvalue weighted by molar-refractivity contribution is -0.384. The predicted molar refractivity (Wildman–Crippen MR) is 114 cm³/mol. The zero-order chi connectivity index (χ0) is 22.4. The van der Waals surface area contributed by atoms with Crippen LogP contribution in [0.1, 0.15) is 11.6 Å². The number of hydroxylamine groups is 1. The molecule has 160 valence electrons. The minimum absolute atomic E-state index is 0.0718. The normalized spacial score (nSPS) is 22.3. The van der Waals surface area contributed by atoms with Gasteiger partial charge < -0.3 is 5.11 Å². The van der Waals surface area contributed by atoms with E-state index in [2.05, 4.69) is 0 Å². The molecule has 2 aliphatic rings. The van der Waals surface area contributed by atoms with Gasteiger partial charge in [-0.1, -0.05) is 36.4 Å². The second-order valence-corrected chi connectivity index (χ2v) is 7.54. The molecule has 2 amide bonds. The molecule has 9 heteroatoms. The Morgan fingerprint density at radius 2 is 1.56 bits per heavy atom. The first kappa shape index (κ1) is 19.7.